The molecule has 2 aliphatic heterocycles. The van der Waals surface area contributed by atoms with Crippen LogP contribution in [0.3, 0.4) is 0 Å². The van der Waals surface area contributed by atoms with Crippen molar-refractivity contribution in [3.63, 3.8) is 0 Å². The number of unbranched alkanes of at least 4 members (excludes halogenated alkanes) is 2. The second-order valence-corrected chi connectivity index (χ2v) is 19.1. The highest BCUT2D eigenvalue weighted by atomic mass is 16.5. The summed E-state index contributed by atoms with van der Waals surface area (Å²) in [5.74, 6) is -3.58. The van der Waals surface area contributed by atoms with E-state index in [0.29, 0.717) is 50.8 Å². The summed E-state index contributed by atoms with van der Waals surface area (Å²) in [5, 5.41) is 19.9. The smallest absolute Gasteiger partial charge is 0.243 e. The third kappa shape index (κ3) is 14.8. The second-order valence-electron chi connectivity index (χ2n) is 19.1. The maximum Gasteiger partial charge on any atom is 0.243 e. The van der Waals surface area contributed by atoms with Gasteiger partial charge in [0.15, 0.2) is 0 Å². The van der Waals surface area contributed by atoms with Crippen molar-refractivity contribution in [2.24, 2.45) is 29.6 Å². The van der Waals surface area contributed by atoms with Crippen molar-refractivity contribution >= 4 is 41.4 Å². The van der Waals surface area contributed by atoms with Crippen LogP contribution >= 0.6 is 0 Å². The number of amides is 7. The van der Waals surface area contributed by atoms with E-state index in [0.717, 1.165) is 6.42 Å². The molecule has 0 aliphatic carbocycles. The van der Waals surface area contributed by atoms with Crippen LogP contribution in [0.1, 0.15) is 132 Å². The Bertz CT molecular complexity index is 1740. The number of nitrogens with one attached hydrogen (secondary N) is 3. The number of benzene rings is 1. The van der Waals surface area contributed by atoms with Crippen LogP contribution in [0.2, 0.25) is 0 Å². The number of hydrogen-bond donors (Lipinski definition) is 4. The zero-order valence-corrected chi connectivity index (χ0v) is 41.1. The van der Waals surface area contributed by atoms with Crippen LogP contribution in [0, 0.1) is 29.6 Å². The number of hydrogen-bond acceptors (Lipinski definition) is 10. The zero-order valence-electron chi connectivity index (χ0n) is 41.1. The molecule has 4 N–H and O–H groups in total. The molecule has 16 nitrogen and oxygen atoms in total. The van der Waals surface area contributed by atoms with Gasteiger partial charge in [0.05, 0.1) is 48.8 Å². The van der Waals surface area contributed by atoms with E-state index in [2.05, 4.69) is 16.0 Å². The fraction of sp³-hybridized carbons (Fsp3) is 0.735. The number of imide groups is 1. The maximum atomic E-state index is 14.2. The van der Waals surface area contributed by atoms with E-state index in [1.807, 2.05) is 59.7 Å². The summed E-state index contributed by atoms with van der Waals surface area (Å²) in [4.78, 5) is 98.2. The largest absolute Gasteiger partial charge is 0.386 e. The van der Waals surface area contributed by atoms with E-state index in [-0.39, 0.29) is 78.5 Å². The van der Waals surface area contributed by atoms with Crippen molar-refractivity contribution in [1.82, 2.24) is 30.7 Å². The molecule has 366 valence electrons. The lowest BCUT2D eigenvalue weighted by atomic mass is 9.90. The van der Waals surface area contributed by atoms with Crippen molar-refractivity contribution in [2.45, 2.75) is 169 Å². The normalized spacial score (nSPS) is 20.7. The first-order valence-corrected chi connectivity index (χ1v) is 23.8. The first-order chi connectivity index (χ1) is 30.7. The van der Waals surface area contributed by atoms with Gasteiger partial charge in [0.1, 0.15) is 12.1 Å². The molecule has 2 heterocycles. The van der Waals surface area contributed by atoms with E-state index in [4.69, 9.17) is 9.47 Å². The van der Waals surface area contributed by atoms with E-state index in [9.17, 15) is 38.7 Å². The molecular formula is C49H80N6O10. The molecule has 1 unspecified atom stereocenters. The van der Waals surface area contributed by atoms with Crippen LogP contribution in [0.15, 0.2) is 30.3 Å². The fourth-order valence-electron chi connectivity index (χ4n) is 9.25. The Hall–Kier alpha value is -4.41. The van der Waals surface area contributed by atoms with E-state index in [1.54, 1.807) is 44.9 Å². The Morgan fingerprint density at radius 3 is 2.08 bits per heavy atom. The molecule has 1 aromatic carbocycles. The number of likely N-dealkylation sites (tertiary alicyclic amines) is 2. The molecule has 1 aromatic rings. The number of aliphatic hydroxyl groups excluding tert-OH is 1. The van der Waals surface area contributed by atoms with Crippen LogP contribution in [-0.2, 0) is 43.0 Å². The molecule has 16 heteroatoms. The van der Waals surface area contributed by atoms with Gasteiger partial charge in [-0.15, -0.1) is 0 Å². The van der Waals surface area contributed by atoms with Gasteiger partial charge in [-0.3, -0.25) is 38.5 Å². The van der Waals surface area contributed by atoms with Gasteiger partial charge >= 0.3 is 0 Å². The molecule has 11 atom stereocenters. The summed E-state index contributed by atoms with van der Waals surface area (Å²) in [5.41, 5.74) is 0.688. The van der Waals surface area contributed by atoms with E-state index >= 15 is 0 Å². The molecular weight excluding hydrogens is 833 g/mol. The lowest BCUT2D eigenvalue weighted by Crippen LogP contribution is -2.60. The summed E-state index contributed by atoms with van der Waals surface area (Å²) >= 11 is 0. The first kappa shape index (κ1) is 54.9. The van der Waals surface area contributed by atoms with Gasteiger partial charge in [-0.05, 0) is 55.9 Å². The van der Waals surface area contributed by atoms with Gasteiger partial charge in [0, 0.05) is 53.1 Å². The topological polar surface area (TPSA) is 204 Å². The third-order valence-corrected chi connectivity index (χ3v) is 13.5. The van der Waals surface area contributed by atoms with Crippen molar-refractivity contribution in [1.29, 1.82) is 0 Å². The van der Waals surface area contributed by atoms with Gasteiger partial charge in [-0.25, -0.2) is 0 Å². The number of methoxy groups -OCH3 is 2. The van der Waals surface area contributed by atoms with Crippen LogP contribution < -0.4 is 16.0 Å². The Balaban J connectivity index is 1.66. The summed E-state index contributed by atoms with van der Waals surface area (Å²) in [6, 6.07) is 5.74. The number of carbonyl (C=O) groups excluding carboxylic acids is 7. The van der Waals surface area contributed by atoms with Gasteiger partial charge in [0.2, 0.25) is 41.4 Å². The molecule has 2 saturated heterocycles. The predicted octanol–water partition coefficient (Wildman–Crippen LogP) is 4.38. The highest BCUT2D eigenvalue weighted by Gasteiger charge is 2.43. The highest BCUT2D eigenvalue weighted by molar-refractivity contribution is 6.03. The predicted molar refractivity (Wildman–Crippen MR) is 248 cm³/mol. The number of aliphatic hydroxyl groups is 1. The molecule has 2 fully saturated rings. The molecule has 0 spiro atoms. The maximum absolute atomic E-state index is 14.2. The molecule has 2 aliphatic rings. The Labute approximate surface area is 387 Å². The van der Waals surface area contributed by atoms with Crippen molar-refractivity contribution in [2.75, 3.05) is 34.4 Å². The number of ether oxygens (including phenoxy) is 2. The van der Waals surface area contributed by atoms with Gasteiger partial charge < -0.3 is 40.3 Å². The number of rotatable bonds is 26. The molecule has 0 radical (unpaired) electrons. The van der Waals surface area contributed by atoms with E-state index < -0.39 is 60.2 Å². The van der Waals surface area contributed by atoms with Crippen LogP contribution in [0.25, 0.3) is 0 Å². The zero-order chi connectivity index (χ0) is 48.7. The number of likely N-dealkylation sites (N-methyl/N-ethyl adjacent to an activating group) is 1. The van der Waals surface area contributed by atoms with Crippen LogP contribution in [-0.4, -0.2) is 138 Å². The minimum absolute atomic E-state index is 0.0473. The minimum atomic E-state index is -0.958. The molecule has 7 amide bonds. The van der Waals surface area contributed by atoms with Crippen molar-refractivity contribution < 1.29 is 48.1 Å². The van der Waals surface area contributed by atoms with Crippen molar-refractivity contribution in [3.05, 3.63) is 35.9 Å². The highest BCUT2D eigenvalue weighted by Crippen LogP contribution is 2.29. The average molecular weight is 913 g/mol. The molecule has 0 aromatic heterocycles. The molecule has 65 heavy (non-hydrogen) atoms. The van der Waals surface area contributed by atoms with E-state index in [1.165, 1.54) is 24.0 Å². The quantitative estimate of drug-likeness (QED) is 0.0763. The molecule has 3 rings (SSSR count). The molecule has 0 saturated carbocycles. The second kappa shape index (κ2) is 26.1. The number of nitrogens with zero attached hydrogens (tertiary/aromatic N) is 3. The van der Waals surface area contributed by atoms with Crippen LogP contribution in [0.4, 0.5) is 0 Å². The summed E-state index contributed by atoms with van der Waals surface area (Å²) in [6.45, 7) is 17.4. The lowest BCUT2D eigenvalue weighted by Gasteiger charge is -2.37. The Kier molecular flexibility index (Phi) is 22.0. The average Bonchev–Trinajstić information content (AvgIpc) is 3.85. The number of carbonyl (C=O) groups is 7. The van der Waals surface area contributed by atoms with Gasteiger partial charge in [-0.2, -0.15) is 0 Å². The Morgan fingerprint density at radius 1 is 0.862 bits per heavy atom. The lowest BCUT2D eigenvalue weighted by molar-refractivity contribution is -0.143. The first-order valence-electron chi connectivity index (χ1n) is 23.8. The fourth-order valence-corrected chi connectivity index (χ4v) is 9.25. The van der Waals surface area contributed by atoms with Crippen molar-refractivity contribution in [3.8, 4) is 0 Å². The van der Waals surface area contributed by atoms with Crippen LogP contribution in [0.5, 0.6) is 0 Å². The summed E-state index contributed by atoms with van der Waals surface area (Å²) in [6.07, 6.45) is 1.89. The van der Waals surface area contributed by atoms with Gasteiger partial charge in [-0.1, -0.05) is 98.6 Å². The third-order valence-electron chi connectivity index (χ3n) is 13.5. The monoisotopic (exact) mass is 913 g/mol. The standard InChI is InChI=1S/C49H80N6O10/c1-13-31(6)42(37(64-11)28-40(58)54-26-20-23-36(54)45(65-12)33(8)46(60)50-34(9)44(59)35-21-16-14-17-22-35)52-47(61)41(29(2)3)51-48(62)43(30(4)5)53(10)38(56)24-18-15-19-25-55-39(57)27-32(7)49(55)63/h14,16-17,21-22,29-34,36-37,41-45,59H,13,15,18-20,23-28H2,1-12H3,(H,50,60)(H,51,62)(H,52,61)/t31-,32?,33+,34+,36-,37+,41-,42-,43-,44+,45+/m0/s1. The minimum Gasteiger partial charge on any atom is -0.386 e. The summed E-state index contributed by atoms with van der Waals surface area (Å²) < 4.78 is 11.9. The van der Waals surface area contributed by atoms with Gasteiger partial charge in [0.25, 0.3) is 0 Å². The summed E-state index contributed by atoms with van der Waals surface area (Å²) in [7, 11) is 4.63. The molecule has 0 bridgehead atoms. The Morgan fingerprint density at radius 2 is 1.52 bits per heavy atom. The SMILES string of the molecule is CC[C@H](C)[C@H](NC(=O)[C@@H](NC(=O)[C@H](C(C)C)N(C)C(=O)CCCCCN1C(=O)CC(C)C1=O)C(C)C)[C@@H](CC(=O)N1CCC[C@H]1[C@H](OC)[C@@H](C)C(=O)N[C@H](C)[C@@H](O)c1ccccc1)OC.